The molecule has 48 heavy (non-hydrogen) atoms. The molecule has 0 amide bonds. The first-order chi connectivity index (χ1) is 23.1. The fourth-order valence-corrected chi connectivity index (χ4v) is 10.3. The second-order valence-corrected chi connectivity index (χ2v) is 18.8. The van der Waals surface area contributed by atoms with Crippen LogP contribution in [0.4, 0.5) is 0 Å². The molecule has 1 aliphatic heterocycles. The van der Waals surface area contributed by atoms with Gasteiger partial charge < -0.3 is 27.1 Å². The summed E-state index contributed by atoms with van der Waals surface area (Å²) >= 11 is 0. The molecule has 0 atom stereocenters. The zero-order valence-corrected chi connectivity index (χ0v) is 34.1. The van der Waals surface area contributed by atoms with Crippen molar-refractivity contribution in [2.45, 2.75) is 119 Å². The molecule has 0 N–H and O–H groups in total. The van der Waals surface area contributed by atoms with Gasteiger partial charge in [0.2, 0.25) is 0 Å². The smallest absolute Gasteiger partial charge is 0.308 e. The van der Waals surface area contributed by atoms with Gasteiger partial charge in [0, 0.05) is 39.3 Å². The van der Waals surface area contributed by atoms with Crippen molar-refractivity contribution in [3.8, 4) is 0 Å². The Labute approximate surface area is 294 Å². The molecule has 0 unspecified atom stereocenters. The summed E-state index contributed by atoms with van der Waals surface area (Å²) in [6.45, 7) is 18.1. The maximum Gasteiger partial charge on any atom is 0.344 e. The maximum absolute atomic E-state index is 14.0. The molecule has 12 nitrogen and oxygen atoms in total. The van der Waals surface area contributed by atoms with Gasteiger partial charge in [-0.05, 0) is 38.5 Å². The van der Waals surface area contributed by atoms with Crippen molar-refractivity contribution in [3.05, 3.63) is 0 Å². The molecule has 0 bridgehead atoms. The minimum absolute atomic E-state index is 0.150. The summed E-state index contributed by atoms with van der Waals surface area (Å²) in [4.78, 5) is 6.31. The van der Waals surface area contributed by atoms with Crippen LogP contribution in [0.2, 0.25) is 0 Å². The summed E-state index contributed by atoms with van der Waals surface area (Å²) in [6.07, 6.45) is 10.9. The molecule has 1 heterocycles. The van der Waals surface area contributed by atoms with Gasteiger partial charge in [-0.2, -0.15) is 0 Å². The van der Waals surface area contributed by atoms with E-state index in [0.717, 1.165) is 77.0 Å². The topological polar surface area (TPSA) is 116 Å². The lowest BCUT2D eigenvalue weighted by molar-refractivity contribution is 0.166. The maximum atomic E-state index is 14.0. The number of hydrogen-bond donors (Lipinski definition) is 0. The van der Waals surface area contributed by atoms with E-state index >= 15 is 0 Å². The summed E-state index contributed by atoms with van der Waals surface area (Å²) in [5.41, 5.74) is 0. The third-order valence-electron chi connectivity index (χ3n) is 8.03. The molecule has 0 saturated carbocycles. The lowest BCUT2D eigenvalue weighted by Crippen LogP contribution is -2.37. The fourth-order valence-electron chi connectivity index (χ4n) is 4.79. The first-order valence-corrected chi connectivity index (χ1v) is 24.1. The highest BCUT2D eigenvalue weighted by atomic mass is 31.2. The molecule has 0 aromatic carbocycles. The van der Waals surface area contributed by atoms with Crippen LogP contribution in [0.5, 0.6) is 0 Å². The minimum Gasteiger partial charge on any atom is -0.308 e. The Balaban J connectivity index is 3.31. The van der Waals surface area contributed by atoms with Gasteiger partial charge in [-0.3, -0.25) is 28.4 Å². The molecule has 0 aromatic rings. The number of unbranched alkanes of at least 4 members (excludes halogenated alkanes) is 6. The van der Waals surface area contributed by atoms with Gasteiger partial charge in [0.1, 0.15) is 18.9 Å². The van der Waals surface area contributed by atoms with Crippen molar-refractivity contribution in [2.75, 3.05) is 97.8 Å². The van der Waals surface area contributed by atoms with E-state index in [1.54, 1.807) is 0 Å². The van der Waals surface area contributed by atoms with Gasteiger partial charge in [0.15, 0.2) is 0 Å². The van der Waals surface area contributed by atoms with Gasteiger partial charge in [0.05, 0.1) is 39.6 Å². The Kier molecular flexibility index (Phi) is 27.0. The van der Waals surface area contributed by atoms with Gasteiger partial charge in [-0.15, -0.1) is 0 Å². The Bertz CT molecular complexity index is 766. The molecular weight excluding hydrogens is 675 g/mol. The Hall–Kier alpha value is 0.330. The molecule has 0 aliphatic carbocycles. The van der Waals surface area contributed by atoms with E-state index in [1.807, 2.05) is 0 Å². The van der Waals surface area contributed by atoms with Crippen LogP contribution in [-0.2, 0) is 40.8 Å². The van der Waals surface area contributed by atoms with Gasteiger partial charge >= 0.3 is 22.8 Å². The van der Waals surface area contributed by atoms with Crippen molar-refractivity contribution in [1.29, 1.82) is 0 Å². The van der Waals surface area contributed by atoms with E-state index in [0.29, 0.717) is 78.9 Å². The van der Waals surface area contributed by atoms with Crippen LogP contribution in [0, 0.1) is 0 Å². The zero-order valence-electron chi connectivity index (χ0n) is 31.4. The van der Waals surface area contributed by atoms with Crippen LogP contribution in [0.1, 0.15) is 119 Å². The van der Waals surface area contributed by atoms with Crippen molar-refractivity contribution in [2.24, 2.45) is 0 Å². The average molecular weight is 748 g/mol. The summed E-state index contributed by atoms with van der Waals surface area (Å²) in [5, 5.41) is 0. The van der Waals surface area contributed by atoms with Crippen molar-refractivity contribution >= 4 is 22.8 Å². The molecule has 1 saturated heterocycles. The van der Waals surface area contributed by atoms with E-state index < -0.39 is 22.8 Å². The van der Waals surface area contributed by atoms with E-state index in [1.165, 1.54) is 0 Å². The number of rotatable bonds is 30. The summed E-state index contributed by atoms with van der Waals surface area (Å²) in [5.74, 6) is 0. The Morgan fingerprint density at radius 1 is 0.354 bits per heavy atom. The molecular formula is C33H72N3O9P3. The van der Waals surface area contributed by atoms with Crippen LogP contribution in [0.3, 0.4) is 0 Å². The summed E-state index contributed by atoms with van der Waals surface area (Å²) < 4.78 is 77.8. The molecule has 288 valence electrons. The Morgan fingerprint density at radius 2 is 0.521 bits per heavy atom. The molecule has 15 heteroatoms. The third-order valence-corrected chi connectivity index (χ3v) is 13.7. The highest BCUT2D eigenvalue weighted by molar-refractivity contribution is 7.54. The van der Waals surface area contributed by atoms with Crippen molar-refractivity contribution < 1.29 is 40.8 Å². The normalized spacial score (nSPS) is 16.6. The number of nitrogens with zero attached hydrogens (tertiary/aromatic N) is 3. The summed E-state index contributed by atoms with van der Waals surface area (Å²) in [7, 11) is -10.2. The second-order valence-electron chi connectivity index (χ2n) is 12.7. The number of hydrogen-bond acceptors (Lipinski definition) is 12. The van der Waals surface area contributed by atoms with E-state index in [4.69, 9.17) is 27.1 Å². The third kappa shape index (κ3) is 21.6. The van der Waals surface area contributed by atoms with E-state index in [2.05, 4.69) is 56.2 Å². The first-order valence-electron chi connectivity index (χ1n) is 18.9. The molecule has 0 aromatic heterocycles. The predicted octanol–water partition coefficient (Wildman–Crippen LogP) is 9.26. The van der Waals surface area contributed by atoms with Crippen LogP contribution < -0.4 is 0 Å². The van der Waals surface area contributed by atoms with Gasteiger partial charge in [0.25, 0.3) is 0 Å². The zero-order chi connectivity index (χ0) is 35.6. The lowest BCUT2D eigenvalue weighted by atomic mass is 10.4. The largest absolute Gasteiger partial charge is 0.344 e. The molecule has 0 radical (unpaired) electrons. The van der Waals surface area contributed by atoms with Crippen LogP contribution in [0.15, 0.2) is 0 Å². The molecule has 1 aliphatic rings. The standard InChI is InChI=1S/C33H72N3O9P3/c1-7-13-25-40-46(37,41-26-14-8-2)31-34-19-21-35(32-47(38,42-27-15-9-3)43-28-16-10-4)23-24-36(22-20-34)33-48(39,44-29-17-11-5)45-30-18-12-6/h7-33H2,1-6H3. The SMILES string of the molecule is CCCCOP(=O)(CN1CCN(CP(=O)(OCCCC)OCCCC)CCN(CP(=O)(OCCCC)OCCCC)CC1)OCCCC. The molecule has 1 fully saturated rings. The summed E-state index contributed by atoms with van der Waals surface area (Å²) in [6, 6.07) is 0. The minimum atomic E-state index is -3.41. The lowest BCUT2D eigenvalue weighted by Gasteiger charge is -2.30. The van der Waals surface area contributed by atoms with E-state index in [9.17, 15) is 13.7 Å². The fraction of sp³-hybridized carbons (Fsp3) is 1.00. The van der Waals surface area contributed by atoms with Crippen LogP contribution in [0.25, 0.3) is 0 Å². The van der Waals surface area contributed by atoms with E-state index in [-0.39, 0.29) is 18.9 Å². The Morgan fingerprint density at radius 3 is 0.667 bits per heavy atom. The van der Waals surface area contributed by atoms with Crippen molar-refractivity contribution in [3.63, 3.8) is 0 Å². The second kappa shape index (κ2) is 27.9. The first kappa shape index (κ1) is 46.4. The van der Waals surface area contributed by atoms with Gasteiger partial charge in [-0.25, -0.2) is 0 Å². The highest BCUT2D eigenvalue weighted by Crippen LogP contribution is 2.51. The highest BCUT2D eigenvalue weighted by Gasteiger charge is 2.34. The quantitative estimate of drug-likeness (QED) is 0.0515. The van der Waals surface area contributed by atoms with Crippen molar-refractivity contribution in [1.82, 2.24) is 14.7 Å². The van der Waals surface area contributed by atoms with Gasteiger partial charge in [-0.1, -0.05) is 80.1 Å². The molecule has 1 rings (SSSR count). The predicted molar refractivity (Wildman–Crippen MR) is 197 cm³/mol. The monoisotopic (exact) mass is 747 g/mol. The van der Waals surface area contributed by atoms with Crippen LogP contribution in [-0.4, -0.2) is 112 Å². The molecule has 0 spiro atoms. The average Bonchev–Trinajstić information content (AvgIpc) is 3.13. The van der Waals surface area contributed by atoms with Crippen LogP contribution >= 0.6 is 22.8 Å².